The van der Waals surface area contributed by atoms with Gasteiger partial charge in [0.1, 0.15) is 0 Å². The summed E-state index contributed by atoms with van der Waals surface area (Å²) in [5.41, 5.74) is 7.46. The summed E-state index contributed by atoms with van der Waals surface area (Å²) in [6.45, 7) is 8.25. The van der Waals surface area contributed by atoms with E-state index in [2.05, 4.69) is 18.8 Å². The second-order valence-electron chi connectivity index (χ2n) is 3.12. The maximum atomic E-state index is 5.72. The molecule has 2 rings (SSSR count). The lowest BCUT2D eigenvalue weighted by Gasteiger charge is -1.97. The Morgan fingerprint density at radius 3 is 2.19 bits per heavy atom. The number of nitrogens with two attached hydrogens (primary N) is 1. The van der Waals surface area contributed by atoms with Crippen LogP contribution in [0, 0.1) is 0 Å². The quantitative estimate of drug-likeness (QED) is 0.717. The third-order valence-corrected chi connectivity index (χ3v) is 1.68. The van der Waals surface area contributed by atoms with Crippen LogP contribution in [0.25, 0.3) is 10.9 Å². The molecule has 0 unspecified atom stereocenters. The third-order valence-electron chi connectivity index (χ3n) is 1.68. The Bertz CT molecular complexity index is 391. The van der Waals surface area contributed by atoms with Crippen LogP contribution in [0.3, 0.4) is 0 Å². The van der Waals surface area contributed by atoms with Crippen LogP contribution >= 0.6 is 0 Å². The summed E-state index contributed by atoms with van der Waals surface area (Å²) in [7, 11) is 0. The van der Waals surface area contributed by atoms with Gasteiger partial charge in [0.15, 0.2) is 0 Å². The number of rotatable bonds is 0. The van der Waals surface area contributed by atoms with Gasteiger partial charge < -0.3 is 5.73 Å². The van der Waals surface area contributed by atoms with Gasteiger partial charge in [0, 0.05) is 17.3 Å². The summed E-state index contributed by atoms with van der Waals surface area (Å²) in [5, 5.41) is 1.02. The smallest absolute Gasteiger partial charge is 0.0722 e. The molecule has 0 bridgehead atoms. The van der Waals surface area contributed by atoms with E-state index >= 15 is 0 Å². The third kappa shape index (κ3) is 4.30. The zero-order chi connectivity index (χ0) is 12.4. The number of fused-ring (bicyclic) bond motifs is 1. The molecule has 2 aromatic rings. The molecule has 0 spiro atoms. The van der Waals surface area contributed by atoms with Crippen molar-refractivity contribution in [3.63, 3.8) is 0 Å². The van der Waals surface area contributed by atoms with Crippen molar-refractivity contribution in [3.8, 4) is 0 Å². The van der Waals surface area contributed by atoms with E-state index < -0.39 is 0 Å². The Kier molecular flexibility index (Phi) is 7.86. The predicted octanol–water partition coefficient (Wildman–Crippen LogP) is 4.26. The second-order valence-corrected chi connectivity index (χ2v) is 3.12. The number of hydrogen-bond acceptors (Lipinski definition) is 2. The minimum atomic E-state index is 0.788. The Morgan fingerprint density at radius 2 is 1.62 bits per heavy atom. The fourth-order valence-corrected chi connectivity index (χ4v) is 1.12. The first kappa shape index (κ1) is 14.4. The molecule has 0 aliphatic carbocycles. The molecule has 16 heavy (non-hydrogen) atoms. The number of pyridine rings is 1. The van der Waals surface area contributed by atoms with Crippen molar-refractivity contribution in [2.24, 2.45) is 0 Å². The van der Waals surface area contributed by atoms with E-state index in [4.69, 9.17) is 5.73 Å². The van der Waals surface area contributed by atoms with Crippen LogP contribution in [0.4, 0.5) is 5.69 Å². The van der Waals surface area contributed by atoms with E-state index in [1.54, 1.807) is 6.20 Å². The van der Waals surface area contributed by atoms with Gasteiger partial charge >= 0.3 is 0 Å². The van der Waals surface area contributed by atoms with Gasteiger partial charge in [0.2, 0.25) is 0 Å². The van der Waals surface area contributed by atoms with E-state index in [0.29, 0.717) is 0 Å². The normalized spacial score (nSPS) is 8.50. The van der Waals surface area contributed by atoms with Gasteiger partial charge in [-0.25, -0.2) is 0 Å². The number of aromatic nitrogens is 1. The van der Waals surface area contributed by atoms with Crippen molar-refractivity contribution in [1.82, 2.24) is 4.98 Å². The molecule has 1 aromatic carbocycles. The van der Waals surface area contributed by atoms with Crippen LogP contribution in [-0.2, 0) is 0 Å². The van der Waals surface area contributed by atoms with Crippen molar-refractivity contribution in [3.05, 3.63) is 36.5 Å². The van der Waals surface area contributed by atoms with Gasteiger partial charge in [0.25, 0.3) is 0 Å². The highest BCUT2D eigenvalue weighted by Gasteiger charge is 1.94. The minimum absolute atomic E-state index is 0.788. The summed E-state index contributed by atoms with van der Waals surface area (Å²) >= 11 is 0. The van der Waals surface area contributed by atoms with E-state index in [1.165, 1.54) is 6.42 Å². The molecule has 0 fully saturated rings. The first-order valence-corrected chi connectivity index (χ1v) is 5.88. The van der Waals surface area contributed by atoms with Gasteiger partial charge in [-0.2, -0.15) is 0 Å². The molecule has 0 saturated heterocycles. The SMILES string of the molecule is CC.CCC.Nc1ccnc2ccccc12. The summed E-state index contributed by atoms with van der Waals surface area (Å²) < 4.78 is 0. The van der Waals surface area contributed by atoms with E-state index in [-0.39, 0.29) is 0 Å². The molecule has 0 aliphatic rings. The topological polar surface area (TPSA) is 38.9 Å². The molecule has 2 heteroatoms. The number of anilines is 1. The fraction of sp³-hybridized carbons (Fsp3) is 0.357. The number of nitrogen functional groups attached to an aromatic ring is 1. The summed E-state index contributed by atoms with van der Waals surface area (Å²) in [4.78, 5) is 4.16. The van der Waals surface area contributed by atoms with Crippen molar-refractivity contribution in [2.45, 2.75) is 34.1 Å². The van der Waals surface area contributed by atoms with Gasteiger partial charge in [-0.15, -0.1) is 0 Å². The van der Waals surface area contributed by atoms with Gasteiger partial charge in [-0.05, 0) is 12.1 Å². The number of benzene rings is 1. The average Bonchev–Trinajstić information content (AvgIpc) is 2.33. The maximum Gasteiger partial charge on any atom is 0.0722 e. The van der Waals surface area contributed by atoms with Crippen molar-refractivity contribution < 1.29 is 0 Å². The standard InChI is InChI=1S/C9H8N2.C3H8.C2H6/c10-8-5-6-11-9-4-2-1-3-7(8)9;1-3-2;1-2/h1-6H,(H2,10,11);3H2,1-2H3;1-2H3. The predicted molar refractivity (Wildman–Crippen MR) is 73.5 cm³/mol. The van der Waals surface area contributed by atoms with Crippen LogP contribution < -0.4 is 5.73 Å². The van der Waals surface area contributed by atoms with Crippen LogP contribution in [0.2, 0.25) is 0 Å². The monoisotopic (exact) mass is 218 g/mol. The lowest BCUT2D eigenvalue weighted by molar-refractivity contribution is 1.09. The summed E-state index contributed by atoms with van der Waals surface area (Å²) in [6, 6.07) is 9.64. The summed E-state index contributed by atoms with van der Waals surface area (Å²) in [6.07, 6.45) is 2.97. The van der Waals surface area contributed by atoms with Crippen molar-refractivity contribution in [1.29, 1.82) is 0 Å². The van der Waals surface area contributed by atoms with E-state index in [9.17, 15) is 0 Å². The second kappa shape index (κ2) is 8.72. The van der Waals surface area contributed by atoms with Gasteiger partial charge in [-0.1, -0.05) is 52.3 Å². The van der Waals surface area contributed by atoms with Gasteiger partial charge in [0.05, 0.1) is 5.52 Å². The lowest BCUT2D eigenvalue weighted by atomic mass is 10.2. The van der Waals surface area contributed by atoms with Crippen LogP contribution in [0.15, 0.2) is 36.5 Å². The Labute approximate surface area is 98.5 Å². The van der Waals surface area contributed by atoms with Crippen LogP contribution in [-0.4, -0.2) is 4.98 Å². The van der Waals surface area contributed by atoms with Gasteiger partial charge in [-0.3, -0.25) is 4.98 Å². The Balaban J connectivity index is 0.000000394. The maximum absolute atomic E-state index is 5.72. The Hall–Kier alpha value is -1.57. The fourth-order valence-electron chi connectivity index (χ4n) is 1.12. The zero-order valence-corrected chi connectivity index (χ0v) is 10.7. The molecule has 0 saturated carbocycles. The zero-order valence-electron chi connectivity index (χ0n) is 10.7. The van der Waals surface area contributed by atoms with Crippen LogP contribution in [0.5, 0.6) is 0 Å². The molecule has 88 valence electrons. The van der Waals surface area contributed by atoms with Crippen molar-refractivity contribution in [2.75, 3.05) is 5.73 Å². The molecule has 0 atom stereocenters. The number of nitrogens with zero attached hydrogens (tertiary/aromatic N) is 1. The highest BCUT2D eigenvalue weighted by Crippen LogP contribution is 2.16. The first-order chi connectivity index (χ1) is 7.79. The largest absolute Gasteiger partial charge is 0.398 e. The summed E-state index contributed by atoms with van der Waals surface area (Å²) in [5.74, 6) is 0. The molecule has 0 amide bonds. The number of para-hydroxylation sites is 1. The van der Waals surface area contributed by atoms with E-state index in [1.807, 2.05) is 44.2 Å². The minimum Gasteiger partial charge on any atom is -0.398 e. The Morgan fingerprint density at radius 1 is 1.06 bits per heavy atom. The lowest BCUT2D eigenvalue weighted by Crippen LogP contribution is -1.87. The molecule has 2 nitrogen and oxygen atoms in total. The molecular weight excluding hydrogens is 196 g/mol. The molecule has 1 heterocycles. The van der Waals surface area contributed by atoms with Crippen molar-refractivity contribution >= 4 is 16.6 Å². The molecule has 0 aliphatic heterocycles. The molecular formula is C14H22N2. The van der Waals surface area contributed by atoms with E-state index in [0.717, 1.165) is 16.6 Å². The highest BCUT2D eigenvalue weighted by molar-refractivity contribution is 5.89. The highest BCUT2D eigenvalue weighted by atomic mass is 14.7. The molecule has 0 radical (unpaired) electrons. The molecule has 2 N–H and O–H groups in total. The first-order valence-electron chi connectivity index (χ1n) is 5.88. The van der Waals surface area contributed by atoms with Crippen LogP contribution in [0.1, 0.15) is 34.1 Å². The average molecular weight is 218 g/mol. The molecule has 1 aromatic heterocycles. The number of hydrogen-bond donors (Lipinski definition) is 1.